The summed E-state index contributed by atoms with van der Waals surface area (Å²) in [7, 11) is -3.16. The summed E-state index contributed by atoms with van der Waals surface area (Å²) in [5, 5.41) is 9.45. The predicted molar refractivity (Wildman–Crippen MR) is 40.7 cm³/mol. The van der Waals surface area contributed by atoms with Gasteiger partial charge in [0.1, 0.15) is 0 Å². The Bertz CT molecular complexity index is 198. The monoisotopic (exact) mass is 197 g/mol. The van der Waals surface area contributed by atoms with Gasteiger partial charge < -0.3 is 15.0 Å². The van der Waals surface area contributed by atoms with Crippen molar-refractivity contribution in [3.8, 4) is 0 Å². The van der Waals surface area contributed by atoms with Gasteiger partial charge >= 0.3 is 7.60 Å². The number of hydroxylamine groups is 2. The van der Waals surface area contributed by atoms with E-state index in [9.17, 15) is 9.36 Å². The van der Waals surface area contributed by atoms with Crippen LogP contribution in [0.5, 0.6) is 0 Å². The van der Waals surface area contributed by atoms with E-state index in [4.69, 9.17) is 15.0 Å². The molecule has 0 fully saturated rings. The van der Waals surface area contributed by atoms with E-state index in [2.05, 4.69) is 0 Å². The molecule has 0 aliphatic carbocycles. The van der Waals surface area contributed by atoms with E-state index in [1.54, 1.807) is 0 Å². The molecule has 0 saturated carbocycles. The van der Waals surface area contributed by atoms with Crippen LogP contribution in [0.25, 0.3) is 0 Å². The fraction of sp³-hybridized carbons (Fsp3) is 0.800. The Hall–Kier alpha value is -0.260. The van der Waals surface area contributed by atoms with Crippen LogP contribution in [-0.4, -0.2) is 39.2 Å². The Balaban J connectivity index is 3.67. The first-order chi connectivity index (χ1) is 5.34. The summed E-state index contributed by atoms with van der Waals surface area (Å²) in [4.78, 5) is 27.3. The zero-order valence-corrected chi connectivity index (χ0v) is 7.57. The molecular weight excluding hydrogens is 185 g/mol. The van der Waals surface area contributed by atoms with Crippen molar-refractivity contribution in [1.82, 2.24) is 5.06 Å². The van der Waals surface area contributed by atoms with Crippen molar-refractivity contribution in [3.05, 3.63) is 0 Å². The summed E-state index contributed by atoms with van der Waals surface area (Å²) in [6, 6.07) is 0. The summed E-state index contributed by atoms with van der Waals surface area (Å²) in [6.45, 7) is 0.214. The quantitative estimate of drug-likeness (QED) is 0.416. The molecule has 0 aromatic carbocycles. The minimum atomic E-state index is -4.56. The standard InChI is InChI=1S/C5H12NO5P/c1-6(8)4-2-3-5(7)12(9,10)11/h8H,2-4H2,1H3,(H2,9,10,11). The Kier molecular flexibility index (Phi) is 4.59. The van der Waals surface area contributed by atoms with Crippen molar-refractivity contribution in [2.24, 2.45) is 0 Å². The summed E-state index contributed by atoms with van der Waals surface area (Å²) in [5.41, 5.74) is -1.08. The predicted octanol–water partition coefficient (Wildman–Crippen LogP) is -0.208. The lowest BCUT2D eigenvalue weighted by atomic mass is 10.3. The number of hydrogen-bond donors (Lipinski definition) is 3. The molecular formula is C5H12NO5P. The molecule has 0 aromatic heterocycles. The Morgan fingerprint density at radius 1 is 1.50 bits per heavy atom. The van der Waals surface area contributed by atoms with Crippen LogP contribution in [0, 0.1) is 0 Å². The molecule has 0 rings (SSSR count). The topological polar surface area (TPSA) is 98.1 Å². The minimum Gasteiger partial charge on any atom is -0.319 e. The molecule has 0 heterocycles. The average Bonchev–Trinajstić information content (AvgIpc) is 1.84. The van der Waals surface area contributed by atoms with Gasteiger partial charge in [-0.15, -0.1) is 0 Å². The van der Waals surface area contributed by atoms with Gasteiger partial charge in [-0.2, -0.15) is 5.06 Å². The highest BCUT2D eigenvalue weighted by Gasteiger charge is 2.24. The molecule has 0 aliphatic rings. The highest BCUT2D eigenvalue weighted by atomic mass is 31.2. The third-order valence-corrected chi connectivity index (χ3v) is 2.07. The average molecular weight is 197 g/mol. The van der Waals surface area contributed by atoms with Gasteiger partial charge in [-0.3, -0.25) is 9.36 Å². The molecule has 0 aromatic rings. The molecule has 0 saturated heterocycles. The van der Waals surface area contributed by atoms with Gasteiger partial charge in [-0.1, -0.05) is 0 Å². The summed E-state index contributed by atoms with van der Waals surface area (Å²) >= 11 is 0. The van der Waals surface area contributed by atoms with Crippen molar-refractivity contribution in [3.63, 3.8) is 0 Å². The smallest absolute Gasteiger partial charge is 0.319 e. The van der Waals surface area contributed by atoms with Crippen molar-refractivity contribution in [2.75, 3.05) is 13.6 Å². The molecule has 0 spiro atoms. The molecule has 0 bridgehead atoms. The summed E-state index contributed by atoms with van der Waals surface area (Å²) in [6.07, 6.45) is 0.0200. The molecule has 0 radical (unpaired) electrons. The first-order valence-electron chi connectivity index (χ1n) is 3.33. The first kappa shape index (κ1) is 11.7. The van der Waals surface area contributed by atoms with Gasteiger partial charge in [0.25, 0.3) is 0 Å². The second-order valence-corrected chi connectivity index (χ2v) is 4.01. The maximum atomic E-state index is 10.6. The van der Waals surface area contributed by atoms with Crippen molar-refractivity contribution in [1.29, 1.82) is 0 Å². The minimum absolute atomic E-state index is 0.213. The SMILES string of the molecule is CN(O)CCCC(=O)P(=O)(O)O. The number of carbonyl (C=O) groups excluding carboxylic acids is 1. The zero-order chi connectivity index (χ0) is 9.78. The van der Waals surface area contributed by atoms with E-state index in [-0.39, 0.29) is 19.4 Å². The third kappa shape index (κ3) is 5.40. The molecule has 72 valence electrons. The molecule has 6 nitrogen and oxygen atoms in total. The van der Waals surface area contributed by atoms with E-state index in [0.29, 0.717) is 0 Å². The zero-order valence-electron chi connectivity index (χ0n) is 6.67. The molecule has 12 heavy (non-hydrogen) atoms. The highest BCUT2D eigenvalue weighted by Crippen LogP contribution is 2.37. The van der Waals surface area contributed by atoms with Crippen LogP contribution in [0.3, 0.4) is 0 Å². The Labute approximate surface area is 69.9 Å². The van der Waals surface area contributed by atoms with Gasteiger partial charge in [0.05, 0.1) is 0 Å². The first-order valence-corrected chi connectivity index (χ1v) is 4.94. The van der Waals surface area contributed by atoms with Crippen LogP contribution in [0.15, 0.2) is 0 Å². The maximum Gasteiger partial charge on any atom is 0.391 e. The summed E-state index contributed by atoms with van der Waals surface area (Å²) in [5.74, 6) is 0. The molecule has 3 N–H and O–H groups in total. The third-order valence-electron chi connectivity index (χ3n) is 1.20. The van der Waals surface area contributed by atoms with Gasteiger partial charge in [0, 0.05) is 20.0 Å². The summed E-state index contributed by atoms with van der Waals surface area (Å²) < 4.78 is 10.3. The molecule has 0 unspecified atom stereocenters. The largest absolute Gasteiger partial charge is 0.391 e. The lowest BCUT2D eigenvalue weighted by Crippen LogP contribution is -2.15. The normalized spacial score (nSPS) is 12.1. The molecule has 0 atom stereocenters. The molecule has 7 heteroatoms. The number of rotatable bonds is 5. The van der Waals surface area contributed by atoms with E-state index < -0.39 is 13.1 Å². The van der Waals surface area contributed by atoms with E-state index >= 15 is 0 Å². The fourth-order valence-electron chi connectivity index (χ4n) is 0.605. The number of carbonyl (C=O) groups is 1. The van der Waals surface area contributed by atoms with Gasteiger partial charge in [-0.05, 0) is 6.42 Å². The van der Waals surface area contributed by atoms with E-state index in [1.807, 2.05) is 0 Å². The van der Waals surface area contributed by atoms with E-state index in [0.717, 1.165) is 5.06 Å². The van der Waals surface area contributed by atoms with Crippen LogP contribution in [0.2, 0.25) is 0 Å². The van der Waals surface area contributed by atoms with Crippen LogP contribution in [0.4, 0.5) is 0 Å². The van der Waals surface area contributed by atoms with Crippen LogP contribution < -0.4 is 0 Å². The lowest BCUT2D eigenvalue weighted by Gasteiger charge is -2.06. The van der Waals surface area contributed by atoms with Crippen LogP contribution >= 0.6 is 7.60 Å². The Morgan fingerprint density at radius 2 is 2.00 bits per heavy atom. The number of hydrogen-bond acceptors (Lipinski definition) is 4. The van der Waals surface area contributed by atoms with Crippen LogP contribution in [0.1, 0.15) is 12.8 Å². The maximum absolute atomic E-state index is 10.6. The molecule has 0 amide bonds. The highest BCUT2D eigenvalue weighted by molar-refractivity contribution is 7.70. The fourth-order valence-corrected chi connectivity index (χ4v) is 1.05. The van der Waals surface area contributed by atoms with Gasteiger partial charge in [0.15, 0.2) is 0 Å². The van der Waals surface area contributed by atoms with E-state index in [1.165, 1.54) is 7.05 Å². The number of nitrogens with zero attached hydrogens (tertiary/aromatic N) is 1. The Morgan fingerprint density at radius 3 is 2.33 bits per heavy atom. The van der Waals surface area contributed by atoms with Crippen molar-refractivity contribution in [2.45, 2.75) is 12.8 Å². The second kappa shape index (κ2) is 4.69. The van der Waals surface area contributed by atoms with Crippen LogP contribution in [-0.2, 0) is 9.36 Å². The van der Waals surface area contributed by atoms with Crippen molar-refractivity contribution < 1.29 is 24.4 Å². The van der Waals surface area contributed by atoms with Crippen molar-refractivity contribution >= 4 is 13.1 Å². The van der Waals surface area contributed by atoms with Gasteiger partial charge in [-0.25, -0.2) is 0 Å². The van der Waals surface area contributed by atoms with Gasteiger partial charge in [0.2, 0.25) is 5.52 Å². The lowest BCUT2D eigenvalue weighted by molar-refractivity contribution is -0.114. The molecule has 0 aliphatic heterocycles. The second-order valence-electron chi connectivity index (χ2n) is 2.42.